The van der Waals surface area contributed by atoms with Gasteiger partial charge >= 0.3 is 0 Å². The summed E-state index contributed by atoms with van der Waals surface area (Å²) < 4.78 is 0. The lowest BCUT2D eigenvalue weighted by molar-refractivity contribution is 0.0601. The van der Waals surface area contributed by atoms with E-state index in [1.54, 1.807) is 0 Å². The Morgan fingerprint density at radius 3 is 2.60 bits per heavy atom. The Kier molecular flexibility index (Phi) is 5.07. The molecule has 1 saturated heterocycles. The van der Waals surface area contributed by atoms with Crippen LogP contribution in [0.5, 0.6) is 0 Å². The first kappa shape index (κ1) is 13.0. The van der Waals surface area contributed by atoms with Crippen molar-refractivity contribution in [3.63, 3.8) is 0 Å². The Hall–Kier alpha value is -0.0800. The van der Waals surface area contributed by atoms with Gasteiger partial charge in [-0.25, -0.2) is 0 Å². The van der Waals surface area contributed by atoms with E-state index in [0.717, 1.165) is 6.04 Å². The number of nitrogens with zero attached hydrogens (tertiary/aromatic N) is 1. The van der Waals surface area contributed by atoms with E-state index in [1.165, 1.54) is 45.2 Å². The van der Waals surface area contributed by atoms with Crippen LogP contribution in [0.15, 0.2) is 0 Å². The van der Waals surface area contributed by atoms with E-state index in [-0.39, 0.29) is 0 Å². The van der Waals surface area contributed by atoms with Crippen molar-refractivity contribution in [2.24, 2.45) is 0 Å². The fourth-order valence-electron chi connectivity index (χ4n) is 2.75. The van der Waals surface area contributed by atoms with E-state index >= 15 is 0 Å². The second kappa shape index (κ2) is 5.86. The first-order valence-corrected chi connectivity index (χ1v) is 6.57. The minimum atomic E-state index is 0.401. The van der Waals surface area contributed by atoms with Crippen LogP contribution in [0.4, 0.5) is 0 Å². The van der Waals surface area contributed by atoms with E-state index in [1.807, 2.05) is 0 Å². The van der Waals surface area contributed by atoms with Gasteiger partial charge in [-0.1, -0.05) is 20.3 Å². The number of likely N-dealkylation sites (N-methyl/N-ethyl adjacent to an activating group) is 1. The second-order valence-corrected chi connectivity index (χ2v) is 5.21. The summed E-state index contributed by atoms with van der Waals surface area (Å²) in [5, 5.41) is 3.51. The van der Waals surface area contributed by atoms with Gasteiger partial charge in [-0.3, -0.25) is 4.90 Å². The zero-order valence-corrected chi connectivity index (χ0v) is 11.0. The van der Waals surface area contributed by atoms with Gasteiger partial charge in [-0.05, 0) is 46.2 Å². The van der Waals surface area contributed by atoms with E-state index < -0.39 is 0 Å². The lowest BCUT2D eigenvalue weighted by Gasteiger charge is -2.44. The summed E-state index contributed by atoms with van der Waals surface area (Å²) in [5.41, 5.74) is 0.401. The number of hydrogen-bond acceptors (Lipinski definition) is 2. The molecule has 15 heavy (non-hydrogen) atoms. The molecule has 0 amide bonds. The number of hydrogen-bond donors (Lipinski definition) is 1. The molecule has 0 aliphatic carbocycles. The first-order chi connectivity index (χ1) is 7.14. The standard InChI is InChI=1S/C13H28N2/c1-5-9-13(3,6-2)15(4)12-8-7-10-14-11-12/h12,14H,5-11H2,1-4H3. The van der Waals surface area contributed by atoms with Crippen molar-refractivity contribution in [2.45, 2.75) is 64.5 Å². The van der Waals surface area contributed by atoms with Crippen LogP contribution >= 0.6 is 0 Å². The largest absolute Gasteiger partial charge is 0.315 e. The Labute approximate surface area is 95.4 Å². The van der Waals surface area contributed by atoms with Gasteiger partial charge < -0.3 is 5.32 Å². The molecule has 1 aliphatic heterocycles. The third-order valence-corrected chi connectivity index (χ3v) is 4.22. The average Bonchev–Trinajstić information content (AvgIpc) is 2.29. The van der Waals surface area contributed by atoms with Gasteiger partial charge in [0.1, 0.15) is 0 Å². The predicted octanol–water partition coefficient (Wildman–Crippen LogP) is 2.64. The van der Waals surface area contributed by atoms with E-state index in [0.29, 0.717) is 5.54 Å². The van der Waals surface area contributed by atoms with Gasteiger partial charge in [-0.15, -0.1) is 0 Å². The highest BCUT2D eigenvalue weighted by Crippen LogP contribution is 2.27. The molecule has 2 heteroatoms. The summed E-state index contributed by atoms with van der Waals surface area (Å²) in [6, 6.07) is 0.746. The summed E-state index contributed by atoms with van der Waals surface area (Å²) in [5.74, 6) is 0. The van der Waals surface area contributed by atoms with Crippen molar-refractivity contribution >= 4 is 0 Å². The molecule has 1 rings (SSSR count). The summed E-state index contributed by atoms with van der Waals surface area (Å²) in [7, 11) is 2.32. The Balaban J connectivity index is 2.57. The molecule has 1 fully saturated rings. The maximum Gasteiger partial charge on any atom is 0.0223 e. The summed E-state index contributed by atoms with van der Waals surface area (Å²) in [6.45, 7) is 9.42. The smallest absolute Gasteiger partial charge is 0.0223 e. The lowest BCUT2D eigenvalue weighted by Crippen LogP contribution is -2.54. The second-order valence-electron chi connectivity index (χ2n) is 5.21. The van der Waals surface area contributed by atoms with Crippen LogP contribution in [0.1, 0.15) is 52.9 Å². The summed E-state index contributed by atoms with van der Waals surface area (Å²) in [4.78, 5) is 2.63. The van der Waals surface area contributed by atoms with Crippen molar-refractivity contribution in [2.75, 3.05) is 20.1 Å². The van der Waals surface area contributed by atoms with Crippen LogP contribution in [0.2, 0.25) is 0 Å². The topological polar surface area (TPSA) is 15.3 Å². The average molecular weight is 212 g/mol. The van der Waals surface area contributed by atoms with Gasteiger partial charge in [0.05, 0.1) is 0 Å². The molecule has 2 atom stereocenters. The first-order valence-electron chi connectivity index (χ1n) is 6.57. The van der Waals surface area contributed by atoms with Gasteiger partial charge in [0.25, 0.3) is 0 Å². The van der Waals surface area contributed by atoms with Crippen molar-refractivity contribution in [3.8, 4) is 0 Å². The van der Waals surface area contributed by atoms with E-state index in [2.05, 4.69) is 38.0 Å². The number of piperidine rings is 1. The van der Waals surface area contributed by atoms with E-state index in [4.69, 9.17) is 0 Å². The number of nitrogens with one attached hydrogen (secondary N) is 1. The number of rotatable bonds is 5. The van der Waals surface area contributed by atoms with Gasteiger partial charge in [0.15, 0.2) is 0 Å². The SMILES string of the molecule is CCCC(C)(CC)N(C)C1CCCNC1. The van der Waals surface area contributed by atoms with Crippen molar-refractivity contribution in [1.29, 1.82) is 0 Å². The van der Waals surface area contributed by atoms with Crippen LogP contribution in [-0.4, -0.2) is 36.6 Å². The zero-order valence-electron chi connectivity index (χ0n) is 11.0. The molecule has 0 aromatic carbocycles. The van der Waals surface area contributed by atoms with Crippen LogP contribution < -0.4 is 5.32 Å². The van der Waals surface area contributed by atoms with Crippen molar-refractivity contribution in [3.05, 3.63) is 0 Å². The van der Waals surface area contributed by atoms with Crippen LogP contribution in [0.3, 0.4) is 0 Å². The molecular weight excluding hydrogens is 184 g/mol. The highest BCUT2D eigenvalue weighted by molar-refractivity contribution is 4.89. The highest BCUT2D eigenvalue weighted by Gasteiger charge is 2.31. The normalized spacial score (nSPS) is 26.6. The van der Waals surface area contributed by atoms with Gasteiger partial charge in [0, 0.05) is 18.1 Å². The zero-order chi connectivity index (χ0) is 11.3. The summed E-state index contributed by atoms with van der Waals surface area (Å²) in [6.07, 6.45) is 6.56. The minimum absolute atomic E-state index is 0.401. The minimum Gasteiger partial charge on any atom is -0.315 e. The molecule has 0 saturated carbocycles. The molecule has 2 nitrogen and oxygen atoms in total. The third-order valence-electron chi connectivity index (χ3n) is 4.22. The monoisotopic (exact) mass is 212 g/mol. The van der Waals surface area contributed by atoms with E-state index in [9.17, 15) is 0 Å². The maximum absolute atomic E-state index is 3.51. The van der Waals surface area contributed by atoms with Gasteiger partial charge in [0.2, 0.25) is 0 Å². The Morgan fingerprint density at radius 2 is 2.13 bits per heavy atom. The molecule has 2 unspecified atom stereocenters. The molecule has 1 heterocycles. The summed E-state index contributed by atoms with van der Waals surface area (Å²) >= 11 is 0. The third kappa shape index (κ3) is 3.18. The molecule has 0 aromatic heterocycles. The maximum atomic E-state index is 3.51. The van der Waals surface area contributed by atoms with Gasteiger partial charge in [-0.2, -0.15) is 0 Å². The molecule has 0 aromatic rings. The van der Waals surface area contributed by atoms with Crippen LogP contribution in [0.25, 0.3) is 0 Å². The van der Waals surface area contributed by atoms with Crippen molar-refractivity contribution in [1.82, 2.24) is 10.2 Å². The molecule has 0 spiro atoms. The van der Waals surface area contributed by atoms with Crippen molar-refractivity contribution < 1.29 is 0 Å². The Morgan fingerprint density at radius 1 is 1.40 bits per heavy atom. The molecule has 1 aliphatic rings. The predicted molar refractivity (Wildman–Crippen MR) is 67.3 cm³/mol. The Bertz CT molecular complexity index is 175. The lowest BCUT2D eigenvalue weighted by atomic mass is 9.88. The molecule has 0 radical (unpaired) electrons. The molecule has 0 bridgehead atoms. The fraction of sp³-hybridized carbons (Fsp3) is 1.00. The molecule has 90 valence electrons. The highest BCUT2D eigenvalue weighted by atomic mass is 15.2. The quantitative estimate of drug-likeness (QED) is 0.753. The molecule has 1 N–H and O–H groups in total. The van der Waals surface area contributed by atoms with Crippen LogP contribution in [0, 0.1) is 0 Å². The van der Waals surface area contributed by atoms with Crippen LogP contribution in [-0.2, 0) is 0 Å². The fourth-order valence-corrected chi connectivity index (χ4v) is 2.75. The molecular formula is C13H28N2.